The van der Waals surface area contributed by atoms with Gasteiger partial charge in [0.15, 0.2) is 6.10 Å². The third-order valence-electron chi connectivity index (χ3n) is 3.40. The fraction of sp³-hybridized carbons (Fsp3) is 0.167. The van der Waals surface area contributed by atoms with E-state index in [1.165, 1.54) is 13.0 Å². The Kier molecular flexibility index (Phi) is 7.04. The van der Waals surface area contributed by atoms with Crippen LogP contribution in [-0.2, 0) is 16.1 Å². The topological polar surface area (TPSA) is 108 Å². The van der Waals surface area contributed by atoms with Crippen LogP contribution < -0.4 is 15.8 Å². The zero-order valence-electron chi connectivity index (χ0n) is 14.2. The lowest BCUT2D eigenvalue weighted by atomic mass is 10.2. The Morgan fingerprint density at radius 2 is 1.85 bits per heavy atom. The second-order valence-electron chi connectivity index (χ2n) is 5.42. The van der Waals surface area contributed by atoms with Crippen molar-refractivity contribution >= 4 is 41.1 Å². The van der Waals surface area contributed by atoms with Gasteiger partial charge in [0.1, 0.15) is 17.9 Å². The summed E-state index contributed by atoms with van der Waals surface area (Å²) in [6, 6.07) is 10.3. The number of nitrogens with two attached hydrogens (primary N) is 1. The van der Waals surface area contributed by atoms with E-state index in [1.54, 1.807) is 36.4 Å². The summed E-state index contributed by atoms with van der Waals surface area (Å²) in [7, 11) is 0. The van der Waals surface area contributed by atoms with E-state index in [0.29, 0.717) is 15.6 Å². The van der Waals surface area contributed by atoms with E-state index in [9.17, 15) is 14.4 Å². The van der Waals surface area contributed by atoms with Gasteiger partial charge in [0.05, 0.1) is 0 Å². The second-order valence-corrected chi connectivity index (χ2v) is 6.27. The predicted octanol–water partition coefficient (Wildman–Crippen LogP) is 3.31. The highest BCUT2D eigenvalue weighted by Crippen LogP contribution is 2.25. The third-order valence-corrected chi connectivity index (χ3v) is 3.99. The average Bonchev–Trinajstić information content (AvgIpc) is 2.60. The van der Waals surface area contributed by atoms with Gasteiger partial charge in [-0.3, -0.25) is 10.1 Å². The molecule has 0 aliphatic heterocycles. The number of hydrogen-bond acceptors (Lipinski definition) is 5. The summed E-state index contributed by atoms with van der Waals surface area (Å²) < 4.78 is 10.7. The largest absolute Gasteiger partial charge is 0.488 e. The Bertz CT molecular complexity index is 873. The molecule has 9 heteroatoms. The molecule has 142 valence electrons. The average molecular weight is 411 g/mol. The van der Waals surface area contributed by atoms with Crippen LogP contribution >= 0.6 is 23.2 Å². The summed E-state index contributed by atoms with van der Waals surface area (Å²) in [6.07, 6.45) is -1.22. The highest BCUT2D eigenvalue weighted by molar-refractivity contribution is 6.35. The van der Waals surface area contributed by atoms with Gasteiger partial charge in [-0.15, -0.1) is 0 Å². The van der Waals surface area contributed by atoms with Gasteiger partial charge in [0.25, 0.3) is 5.91 Å². The summed E-state index contributed by atoms with van der Waals surface area (Å²) in [5.41, 5.74) is 5.65. The maximum atomic E-state index is 12.3. The Morgan fingerprint density at radius 1 is 1.15 bits per heavy atom. The van der Waals surface area contributed by atoms with E-state index in [0.717, 1.165) is 0 Å². The number of primary amides is 1. The molecular weight excluding hydrogens is 395 g/mol. The van der Waals surface area contributed by atoms with E-state index in [-0.39, 0.29) is 17.9 Å². The minimum atomic E-state index is -1.22. The second kappa shape index (κ2) is 9.25. The van der Waals surface area contributed by atoms with E-state index < -0.39 is 24.0 Å². The maximum Gasteiger partial charge on any atom is 0.342 e. The molecule has 0 spiro atoms. The number of rotatable bonds is 6. The number of amides is 3. The van der Waals surface area contributed by atoms with Crippen LogP contribution in [0.1, 0.15) is 22.8 Å². The number of urea groups is 1. The smallest absolute Gasteiger partial charge is 0.342 e. The molecule has 0 aliphatic carbocycles. The minimum absolute atomic E-state index is 0.0952. The molecule has 2 aromatic carbocycles. The monoisotopic (exact) mass is 410 g/mol. The van der Waals surface area contributed by atoms with Crippen molar-refractivity contribution in [1.29, 1.82) is 0 Å². The summed E-state index contributed by atoms with van der Waals surface area (Å²) in [6.45, 7) is 1.41. The number of carbonyl (C=O) groups is 3. The molecule has 0 bridgehead atoms. The number of carbonyl (C=O) groups excluding carboxylic acids is 3. The van der Waals surface area contributed by atoms with Crippen molar-refractivity contribution in [2.75, 3.05) is 0 Å². The van der Waals surface area contributed by atoms with Crippen LogP contribution in [0.5, 0.6) is 5.75 Å². The van der Waals surface area contributed by atoms with Crippen LogP contribution in [0.4, 0.5) is 4.79 Å². The van der Waals surface area contributed by atoms with E-state index >= 15 is 0 Å². The lowest BCUT2D eigenvalue weighted by molar-refractivity contribution is -0.127. The Hall–Kier alpha value is -2.77. The summed E-state index contributed by atoms with van der Waals surface area (Å²) >= 11 is 12.0. The normalized spacial score (nSPS) is 11.4. The summed E-state index contributed by atoms with van der Waals surface area (Å²) in [4.78, 5) is 34.7. The predicted molar refractivity (Wildman–Crippen MR) is 99.8 cm³/mol. The molecule has 0 radical (unpaired) electrons. The van der Waals surface area contributed by atoms with E-state index in [4.69, 9.17) is 38.4 Å². The van der Waals surface area contributed by atoms with Crippen LogP contribution in [0, 0.1) is 0 Å². The number of imide groups is 1. The molecule has 3 N–H and O–H groups in total. The van der Waals surface area contributed by atoms with E-state index in [1.807, 2.05) is 5.32 Å². The van der Waals surface area contributed by atoms with Crippen LogP contribution in [-0.4, -0.2) is 24.0 Å². The first-order valence-corrected chi connectivity index (χ1v) is 8.50. The molecule has 0 heterocycles. The van der Waals surface area contributed by atoms with Crippen LogP contribution in [0.3, 0.4) is 0 Å². The molecule has 0 saturated carbocycles. The van der Waals surface area contributed by atoms with Crippen LogP contribution in [0.2, 0.25) is 10.0 Å². The number of ether oxygens (including phenoxy) is 2. The van der Waals surface area contributed by atoms with Crippen molar-refractivity contribution in [1.82, 2.24) is 5.32 Å². The molecule has 0 aliphatic rings. The first-order chi connectivity index (χ1) is 12.8. The van der Waals surface area contributed by atoms with Gasteiger partial charge in [-0.25, -0.2) is 9.59 Å². The van der Waals surface area contributed by atoms with E-state index in [2.05, 4.69) is 0 Å². The van der Waals surface area contributed by atoms with Gasteiger partial charge in [-0.2, -0.15) is 0 Å². The molecule has 0 fully saturated rings. The fourth-order valence-electron chi connectivity index (χ4n) is 2.06. The van der Waals surface area contributed by atoms with Crippen molar-refractivity contribution in [2.45, 2.75) is 19.6 Å². The maximum absolute atomic E-state index is 12.3. The van der Waals surface area contributed by atoms with Crippen molar-refractivity contribution < 1.29 is 23.9 Å². The molecule has 2 aromatic rings. The Balaban J connectivity index is 2.09. The SMILES string of the molecule is C[C@H](OC(=O)c1ccccc1OCc1ccc(Cl)cc1Cl)C(=O)NC(N)=O. The van der Waals surface area contributed by atoms with Crippen molar-refractivity contribution in [3.8, 4) is 5.75 Å². The van der Waals surface area contributed by atoms with Gasteiger partial charge < -0.3 is 15.2 Å². The number of nitrogens with one attached hydrogen (secondary N) is 1. The summed E-state index contributed by atoms with van der Waals surface area (Å²) in [5, 5.41) is 2.76. The standard InChI is InChI=1S/C18H16Cl2N2O5/c1-10(16(23)22-18(21)25)27-17(24)13-4-2-3-5-15(13)26-9-11-6-7-12(19)8-14(11)20/h2-8,10H,9H2,1H3,(H3,21,22,23,25)/t10-/m0/s1. The molecule has 0 unspecified atom stereocenters. The highest BCUT2D eigenvalue weighted by Gasteiger charge is 2.22. The summed E-state index contributed by atoms with van der Waals surface area (Å²) in [5.74, 6) is -1.38. The zero-order chi connectivity index (χ0) is 20.0. The van der Waals surface area contributed by atoms with Gasteiger partial charge >= 0.3 is 12.0 Å². The fourth-order valence-corrected chi connectivity index (χ4v) is 2.52. The number of esters is 1. The van der Waals surface area contributed by atoms with Crippen LogP contribution in [0.15, 0.2) is 42.5 Å². The molecule has 0 aromatic heterocycles. The Labute approximate surface area is 165 Å². The quantitative estimate of drug-likeness (QED) is 0.710. The highest BCUT2D eigenvalue weighted by atomic mass is 35.5. The molecule has 27 heavy (non-hydrogen) atoms. The number of benzene rings is 2. The molecular formula is C18H16Cl2N2O5. The van der Waals surface area contributed by atoms with Gasteiger partial charge in [-0.05, 0) is 31.2 Å². The third kappa shape index (κ3) is 5.87. The minimum Gasteiger partial charge on any atom is -0.488 e. The number of para-hydroxylation sites is 1. The van der Waals surface area contributed by atoms with Crippen molar-refractivity contribution in [3.63, 3.8) is 0 Å². The van der Waals surface area contributed by atoms with Gasteiger partial charge in [0, 0.05) is 15.6 Å². The first kappa shape index (κ1) is 20.5. The molecule has 7 nitrogen and oxygen atoms in total. The zero-order valence-corrected chi connectivity index (χ0v) is 15.7. The van der Waals surface area contributed by atoms with Gasteiger partial charge in [0.2, 0.25) is 0 Å². The molecule has 0 saturated heterocycles. The lowest BCUT2D eigenvalue weighted by Crippen LogP contribution is -2.42. The van der Waals surface area contributed by atoms with Crippen LogP contribution in [0.25, 0.3) is 0 Å². The number of hydrogen-bond donors (Lipinski definition) is 2. The number of halogens is 2. The van der Waals surface area contributed by atoms with Crippen molar-refractivity contribution in [3.05, 3.63) is 63.6 Å². The first-order valence-electron chi connectivity index (χ1n) is 7.75. The molecule has 3 amide bonds. The van der Waals surface area contributed by atoms with Gasteiger partial charge in [-0.1, -0.05) is 41.4 Å². The Morgan fingerprint density at radius 3 is 2.52 bits per heavy atom. The van der Waals surface area contributed by atoms with Crippen molar-refractivity contribution in [2.24, 2.45) is 5.73 Å². The molecule has 2 rings (SSSR count). The molecule has 1 atom stereocenters. The lowest BCUT2D eigenvalue weighted by Gasteiger charge is -2.15.